The van der Waals surface area contributed by atoms with Gasteiger partial charge in [0.15, 0.2) is 0 Å². The second kappa shape index (κ2) is 6.84. The number of hydrogen-bond acceptors (Lipinski definition) is 2. The highest BCUT2D eigenvalue weighted by Gasteiger charge is 2.08. The van der Waals surface area contributed by atoms with E-state index in [-0.39, 0.29) is 5.91 Å². The zero-order valence-corrected chi connectivity index (χ0v) is 14.5. The zero-order valence-electron chi connectivity index (χ0n) is 14.5. The van der Waals surface area contributed by atoms with E-state index in [9.17, 15) is 4.79 Å². The van der Waals surface area contributed by atoms with Crippen molar-refractivity contribution in [2.75, 3.05) is 5.32 Å². The van der Waals surface area contributed by atoms with Gasteiger partial charge in [-0.3, -0.25) is 9.48 Å². The van der Waals surface area contributed by atoms with Crippen molar-refractivity contribution in [3.05, 3.63) is 95.8 Å². The van der Waals surface area contributed by atoms with E-state index in [1.54, 1.807) is 6.20 Å². The third-order valence-corrected chi connectivity index (χ3v) is 4.42. The number of carbonyl (C=O) groups excluding carboxylic acids is 1. The molecule has 0 radical (unpaired) electrons. The summed E-state index contributed by atoms with van der Waals surface area (Å²) in [5.74, 6) is -0.130. The first-order valence-corrected chi connectivity index (χ1v) is 8.56. The van der Waals surface area contributed by atoms with E-state index in [0.717, 1.165) is 5.56 Å². The summed E-state index contributed by atoms with van der Waals surface area (Å²) in [5.41, 5.74) is 3.65. The maximum atomic E-state index is 12.3. The van der Waals surface area contributed by atoms with E-state index in [0.29, 0.717) is 17.8 Å². The van der Waals surface area contributed by atoms with Crippen LogP contribution in [-0.4, -0.2) is 15.7 Å². The summed E-state index contributed by atoms with van der Waals surface area (Å²) in [4.78, 5) is 12.3. The van der Waals surface area contributed by atoms with E-state index in [4.69, 9.17) is 0 Å². The molecule has 4 heteroatoms. The summed E-state index contributed by atoms with van der Waals surface area (Å²) in [5, 5.41) is 9.71. The molecule has 3 aromatic carbocycles. The van der Waals surface area contributed by atoms with Gasteiger partial charge in [0.2, 0.25) is 0 Å². The van der Waals surface area contributed by atoms with Gasteiger partial charge in [0, 0.05) is 11.8 Å². The average Bonchev–Trinajstić information content (AvgIpc) is 3.09. The maximum absolute atomic E-state index is 12.3. The lowest BCUT2D eigenvalue weighted by atomic mass is 10.0. The molecule has 1 heterocycles. The summed E-state index contributed by atoms with van der Waals surface area (Å²) >= 11 is 0. The van der Waals surface area contributed by atoms with Crippen LogP contribution < -0.4 is 5.32 Å². The predicted molar refractivity (Wildman–Crippen MR) is 104 cm³/mol. The lowest BCUT2D eigenvalue weighted by Gasteiger charge is -2.06. The van der Waals surface area contributed by atoms with E-state index in [1.165, 1.54) is 16.3 Å². The number of carbonyl (C=O) groups is 1. The summed E-state index contributed by atoms with van der Waals surface area (Å²) in [6.07, 6.45) is 3.53. The molecule has 0 saturated heterocycles. The van der Waals surface area contributed by atoms with Gasteiger partial charge >= 0.3 is 0 Å². The molecule has 0 atom stereocenters. The molecule has 4 aromatic rings. The topological polar surface area (TPSA) is 46.9 Å². The van der Waals surface area contributed by atoms with Gasteiger partial charge in [0.1, 0.15) is 0 Å². The number of nitrogens with zero attached hydrogens (tertiary/aromatic N) is 2. The van der Waals surface area contributed by atoms with Crippen molar-refractivity contribution in [3.8, 4) is 0 Å². The number of fused-ring (bicyclic) bond motifs is 1. The summed E-state index contributed by atoms with van der Waals surface area (Å²) < 4.78 is 1.84. The Morgan fingerprint density at radius 2 is 1.77 bits per heavy atom. The number of rotatable bonds is 4. The van der Waals surface area contributed by atoms with Gasteiger partial charge in [0.05, 0.1) is 18.4 Å². The van der Waals surface area contributed by atoms with Gasteiger partial charge in [-0.05, 0) is 35.4 Å². The molecule has 0 aliphatic rings. The van der Waals surface area contributed by atoms with Crippen LogP contribution in [0.1, 0.15) is 21.5 Å². The van der Waals surface area contributed by atoms with Gasteiger partial charge < -0.3 is 5.32 Å². The fourth-order valence-electron chi connectivity index (χ4n) is 3.03. The molecule has 0 spiro atoms. The lowest BCUT2D eigenvalue weighted by Crippen LogP contribution is -2.11. The summed E-state index contributed by atoms with van der Waals surface area (Å²) in [6.45, 7) is 2.65. The molecule has 0 unspecified atom stereocenters. The molecule has 128 valence electrons. The number of nitrogens with one attached hydrogen (secondary N) is 1. The SMILES string of the molecule is Cc1ccc(C(=O)Nc2cnn(Cc3cccc4ccccc34)c2)cc1. The Hall–Kier alpha value is -3.40. The van der Waals surface area contributed by atoms with Crippen LogP contribution in [0.5, 0.6) is 0 Å². The number of aryl methyl sites for hydroxylation is 1. The number of benzene rings is 3. The standard InChI is InChI=1S/C22H19N3O/c1-16-9-11-18(12-10-16)22(26)24-20-13-23-25(15-20)14-19-7-4-6-17-5-2-3-8-21(17)19/h2-13,15H,14H2,1H3,(H,24,26). The maximum Gasteiger partial charge on any atom is 0.255 e. The molecule has 1 aromatic heterocycles. The Balaban J connectivity index is 1.51. The Morgan fingerprint density at radius 1 is 1.00 bits per heavy atom. The first-order valence-electron chi connectivity index (χ1n) is 8.56. The number of anilines is 1. The van der Waals surface area contributed by atoms with Crippen molar-refractivity contribution in [1.82, 2.24) is 9.78 Å². The fraction of sp³-hybridized carbons (Fsp3) is 0.0909. The highest BCUT2D eigenvalue weighted by atomic mass is 16.1. The van der Waals surface area contributed by atoms with Crippen LogP contribution in [-0.2, 0) is 6.54 Å². The minimum Gasteiger partial charge on any atom is -0.319 e. The van der Waals surface area contributed by atoms with Gasteiger partial charge in [-0.2, -0.15) is 5.10 Å². The summed E-state index contributed by atoms with van der Waals surface area (Å²) in [7, 11) is 0. The Kier molecular flexibility index (Phi) is 4.23. The van der Waals surface area contributed by atoms with Crippen LogP contribution in [0, 0.1) is 6.92 Å². The van der Waals surface area contributed by atoms with Crippen LogP contribution >= 0.6 is 0 Å². The van der Waals surface area contributed by atoms with Crippen LogP contribution in [0.4, 0.5) is 5.69 Å². The van der Waals surface area contributed by atoms with Crippen molar-refractivity contribution >= 4 is 22.4 Å². The Bertz CT molecular complexity index is 1060. The van der Waals surface area contributed by atoms with E-state index >= 15 is 0 Å². The highest BCUT2D eigenvalue weighted by Crippen LogP contribution is 2.20. The second-order valence-corrected chi connectivity index (χ2v) is 6.39. The smallest absolute Gasteiger partial charge is 0.255 e. The van der Waals surface area contributed by atoms with Gasteiger partial charge in [-0.15, -0.1) is 0 Å². The molecule has 0 aliphatic heterocycles. The molecule has 1 N–H and O–H groups in total. The monoisotopic (exact) mass is 341 g/mol. The number of amides is 1. The molecular weight excluding hydrogens is 322 g/mol. The lowest BCUT2D eigenvalue weighted by molar-refractivity contribution is 0.102. The van der Waals surface area contributed by atoms with E-state index < -0.39 is 0 Å². The predicted octanol–water partition coefficient (Wildman–Crippen LogP) is 4.65. The van der Waals surface area contributed by atoms with Gasteiger partial charge in [-0.25, -0.2) is 0 Å². The molecule has 0 saturated carbocycles. The Labute approximate surface area is 152 Å². The van der Waals surface area contributed by atoms with Crippen LogP contribution in [0.25, 0.3) is 10.8 Å². The largest absolute Gasteiger partial charge is 0.319 e. The normalized spacial score (nSPS) is 10.8. The first kappa shape index (κ1) is 16.1. The van der Waals surface area contributed by atoms with Crippen LogP contribution in [0.3, 0.4) is 0 Å². The van der Waals surface area contributed by atoms with Gasteiger partial charge in [0.25, 0.3) is 5.91 Å². The molecule has 0 aliphatic carbocycles. The summed E-state index contributed by atoms with van der Waals surface area (Å²) in [6, 6.07) is 22.1. The number of hydrogen-bond donors (Lipinski definition) is 1. The molecule has 4 nitrogen and oxygen atoms in total. The Morgan fingerprint density at radius 3 is 2.62 bits per heavy atom. The van der Waals surface area contributed by atoms with Crippen molar-refractivity contribution < 1.29 is 4.79 Å². The van der Waals surface area contributed by atoms with Crippen molar-refractivity contribution in [3.63, 3.8) is 0 Å². The molecule has 0 bridgehead atoms. The van der Waals surface area contributed by atoms with Crippen molar-refractivity contribution in [2.45, 2.75) is 13.5 Å². The van der Waals surface area contributed by atoms with Gasteiger partial charge in [-0.1, -0.05) is 60.2 Å². The van der Waals surface area contributed by atoms with E-state index in [2.05, 4.69) is 40.7 Å². The minimum atomic E-state index is -0.130. The minimum absolute atomic E-state index is 0.130. The van der Waals surface area contributed by atoms with Crippen LogP contribution in [0.15, 0.2) is 79.1 Å². The average molecular weight is 341 g/mol. The third kappa shape index (κ3) is 3.35. The first-order chi connectivity index (χ1) is 12.7. The van der Waals surface area contributed by atoms with Crippen LogP contribution in [0.2, 0.25) is 0 Å². The highest BCUT2D eigenvalue weighted by molar-refractivity contribution is 6.04. The molecule has 1 amide bonds. The molecule has 4 rings (SSSR count). The van der Waals surface area contributed by atoms with Crippen molar-refractivity contribution in [2.24, 2.45) is 0 Å². The molecule has 0 fully saturated rings. The fourth-order valence-corrected chi connectivity index (χ4v) is 3.03. The quantitative estimate of drug-likeness (QED) is 0.587. The van der Waals surface area contributed by atoms with Crippen molar-refractivity contribution in [1.29, 1.82) is 0 Å². The number of aromatic nitrogens is 2. The zero-order chi connectivity index (χ0) is 17.9. The molecular formula is C22H19N3O. The third-order valence-electron chi connectivity index (χ3n) is 4.42. The van der Waals surface area contributed by atoms with E-state index in [1.807, 2.05) is 54.2 Å². The molecule has 26 heavy (non-hydrogen) atoms. The second-order valence-electron chi connectivity index (χ2n) is 6.39.